The van der Waals surface area contributed by atoms with Crippen LogP contribution >= 0.6 is 28.3 Å². The minimum atomic E-state index is -3.87. The van der Waals surface area contributed by atoms with Crippen LogP contribution in [0.1, 0.15) is 37.1 Å². The molecule has 8 heterocycles. The first-order valence-corrected chi connectivity index (χ1v) is 28.5. The van der Waals surface area contributed by atoms with Crippen molar-refractivity contribution in [1.82, 2.24) is 20.2 Å². The molecule has 6 aliphatic heterocycles. The number of aryl methyl sites for hydroxylation is 2. The molecular weight excluding hydrogens is 1140 g/mol. The van der Waals surface area contributed by atoms with E-state index < -0.39 is 16.2 Å². The first kappa shape index (κ1) is 56.1. The van der Waals surface area contributed by atoms with Crippen LogP contribution in [0.3, 0.4) is 0 Å². The number of carbonyl (C=O) groups excluding carboxylic acids is 2. The number of pyridine rings is 2. The number of ether oxygens (including phenoxy) is 8. The van der Waals surface area contributed by atoms with E-state index in [1.54, 1.807) is 18.2 Å². The standard InChI is InChI=1S/C26H27N3O5.C19H16BrNO5S.C13H16N2O3.ClH/c1-16-2-4-20-21(27-16)5-7-24-26(20)34-19(14-31-24)13-29-10-8-17(9-11-29)33-18-3-6-23-22(12-18)28-25(30)15-32-23;1-12-2-7-16-17(21-12)8-9-18-19(16)26-14(10-24-18)11-25-27(22,23)15-5-3-13(20)4-6-15;16-13-8-17-12-2-1-10(7-11(12)15-13)18-9-3-5-14-6-4-9;/h2-7,12,17,19H,8-11,13-15H2,1H3,(H,28,30);2-9,14H,10-11H2,1H3;1-2,7,9,14H,3-6,8H2,(H,15,16);1H/t19-;14-;;/m01../s1. The van der Waals surface area contributed by atoms with Gasteiger partial charge in [-0.15, -0.1) is 12.4 Å². The molecule has 7 aromatic rings. The fourth-order valence-electron chi connectivity index (χ4n) is 9.83. The number of piperidine rings is 2. The summed E-state index contributed by atoms with van der Waals surface area (Å²) in [4.78, 5) is 34.4. The maximum Gasteiger partial charge on any atom is 0.297 e. The molecule has 420 valence electrons. The van der Waals surface area contributed by atoms with Gasteiger partial charge >= 0.3 is 0 Å². The molecule has 2 atom stereocenters. The number of likely N-dealkylation sites (tertiary alicyclic amines) is 1. The Bertz CT molecular complexity index is 3490. The van der Waals surface area contributed by atoms with Gasteiger partial charge in [0.25, 0.3) is 21.9 Å². The fraction of sp³-hybridized carbons (Fsp3) is 0.345. The first-order valence-electron chi connectivity index (χ1n) is 26.3. The van der Waals surface area contributed by atoms with Crippen molar-refractivity contribution in [1.29, 1.82) is 0 Å². The van der Waals surface area contributed by atoms with Crippen molar-refractivity contribution in [2.45, 2.75) is 68.8 Å². The molecule has 0 radical (unpaired) electrons. The van der Waals surface area contributed by atoms with Crippen LogP contribution in [0.4, 0.5) is 11.4 Å². The van der Waals surface area contributed by atoms with Crippen LogP contribution in [0, 0.1) is 13.8 Å². The summed E-state index contributed by atoms with van der Waals surface area (Å²) in [5.41, 5.74) is 4.96. The smallest absolute Gasteiger partial charge is 0.297 e. The van der Waals surface area contributed by atoms with Crippen molar-refractivity contribution in [2.75, 3.05) is 76.4 Å². The van der Waals surface area contributed by atoms with Crippen molar-refractivity contribution < 1.29 is 60.1 Å². The lowest BCUT2D eigenvalue weighted by Crippen LogP contribution is -2.45. The predicted molar refractivity (Wildman–Crippen MR) is 305 cm³/mol. The third kappa shape index (κ3) is 13.7. The molecule has 2 fully saturated rings. The van der Waals surface area contributed by atoms with Crippen LogP contribution in [-0.4, -0.2) is 125 Å². The second kappa shape index (κ2) is 25.1. The Morgan fingerprint density at radius 2 is 1.11 bits per heavy atom. The van der Waals surface area contributed by atoms with Gasteiger partial charge in [-0.1, -0.05) is 15.9 Å². The Morgan fingerprint density at radius 1 is 0.613 bits per heavy atom. The Labute approximate surface area is 477 Å². The van der Waals surface area contributed by atoms with Gasteiger partial charge in [0, 0.05) is 58.4 Å². The van der Waals surface area contributed by atoms with Crippen LogP contribution in [0.2, 0.25) is 0 Å². The third-order valence-corrected chi connectivity index (χ3v) is 15.7. The van der Waals surface area contributed by atoms with E-state index in [0.717, 1.165) is 119 Å². The van der Waals surface area contributed by atoms with E-state index in [2.05, 4.69) is 52.8 Å². The molecule has 0 spiro atoms. The molecule has 80 heavy (non-hydrogen) atoms. The van der Waals surface area contributed by atoms with Gasteiger partial charge in [-0.2, -0.15) is 8.42 Å². The van der Waals surface area contributed by atoms with Crippen molar-refractivity contribution in [3.63, 3.8) is 0 Å². The molecule has 0 bridgehead atoms. The van der Waals surface area contributed by atoms with Gasteiger partial charge in [0.15, 0.2) is 42.3 Å². The van der Waals surface area contributed by atoms with E-state index in [4.69, 9.17) is 42.1 Å². The zero-order chi connectivity index (χ0) is 54.5. The van der Waals surface area contributed by atoms with Crippen LogP contribution < -0.4 is 53.8 Å². The third-order valence-electron chi connectivity index (χ3n) is 13.8. The highest BCUT2D eigenvalue weighted by molar-refractivity contribution is 9.10. The van der Waals surface area contributed by atoms with Crippen molar-refractivity contribution in [2.24, 2.45) is 0 Å². The lowest BCUT2D eigenvalue weighted by Gasteiger charge is -2.36. The van der Waals surface area contributed by atoms with E-state index in [9.17, 15) is 18.0 Å². The van der Waals surface area contributed by atoms with E-state index in [-0.39, 0.29) is 73.9 Å². The van der Waals surface area contributed by atoms with Gasteiger partial charge in [-0.05, 0) is 150 Å². The molecule has 2 amide bonds. The summed E-state index contributed by atoms with van der Waals surface area (Å²) in [6, 6.07) is 32.9. The molecule has 0 saturated carbocycles. The minimum absolute atomic E-state index is 0. The highest BCUT2D eigenvalue weighted by atomic mass is 79.9. The molecule has 2 aromatic heterocycles. The molecule has 0 aliphatic carbocycles. The number of aromatic nitrogens is 2. The average Bonchev–Trinajstić information content (AvgIpc) is 3.50. The second-order valence-corrected chi connectivity index (χ2v) is 22.3. The van der Waals surface area contributed by atoms with E-state index >= 15 is 0 Å². The van der Waals surface area contributed by atoms with Gasteiger partial charge in [0.05, 0.1) is 27.3 Å². The highest BCUT2D eigenvalue weighted by Gasteiger charge is 2.30. The number of nitrogens with zero attached hydrogens (tertiary/aromatic N) is 3. The Balaban J connectivity index is 0.000000140. The molecule has 0 unspecified atom stereocenters. The number of halogens is 2. The SMILES string of the molecule is Cc1ccc2c3c(ccc2n1)OC[C@H](CN1CCC(Oc2ccc4c(c2)NC(=O)CO4)CC1)O3.Cc1ccc2c3c(ccc2n1)OC[C@H](COS(=O)(=O)c1ccc(Br)cc1)O3.Cl.O=C1COc2ccc(OC3CCNCC3)cc2N1. The molecule has 6 aliphatic rings. The van der Waals surface area contributed by atoms with Crippen LogP contribution in [0.5, 0.6) is 46.0 Å². The molecular formula is C58H60BrClN6O13S. The monoisotopic (exact) mass is 1190 g/mol. The zero-order valence-corrected chi connectivity index (χ0v) is 47.2. The summed E-state index contributed by atoms with van der Waals surface area (Å²) < 4.78 is 77.6. The summed E-state index contributed by atoms with van der Waals surface area (Å²) in [7, 11) is -3.87. The Hall–Kier alpha value is -7.14. The number of amides is 2. The molecule has 13 rings (SSSR count). The molecule has 2 saturated heterocycles. The molecule has 3 N–H and O–H groups in total. The highest BCUT2D eigenvalue weighted by Crippen LogP contribution is 2.41. The van der Waals surface area contributed by atoms with E-state index in [1.165, 1.54) is 12.1 Å². The largest absolute Gasteiger partial charge is 0.490 e. The van der Waals surface area contributed by atoms with Gasteiger partial charge < -0.3 is 53.8 Å². The number of rotatable bonds is 10. The number of hydrogen-bond donors (Lipinski definition) is 3. The van der Waals surface area contributed by atoms with Gasteiger partial charge in [0.2, 0.25) is 0 Å². The Morgan fingerprint density at radius 3 is 1.66 bits per heavy atom. The maximum absolute atomic E-state index is 12.3. The van der Waals surface area contributed by atoms with Gasteiger partial charge in [-0.25, -0.2) is 0 Å². The van der Waals surface area contributed by atoms with Gasteiger partial charge in [0.1, 0.15) is 61.1 Å². The Kier molecular flexibility index (Phi) is 17.6. The second-order valence-electron chi connectivity index (χ2n) is 19.8. The summed E-state index contributed by atoms with van der Waals surface area (Å²) in [6.45, 7) is 9.30. The minimum Gasteiger partial charge on any atom is -0.490 e. The summed E-state index contributed by atoms with van der Waals surface area (Å²) in [5.74, 6) is 5.39. The predicted octanol–water partition coefficient (Wildman–Crippen LogP) is 8.98. The summed E-state index contributed by atoms with van der Waals surface area (Å²) in [6.07, 6.45) is 3.70. The fourth-order valence-corrected chi connectivity index (χ4v) is 11.0. The van der Waals surface area contributed by atoms with Crippen LogP contribution in [0.25, 0.3) is 21.8 Å². The topological polar surface area (TPSA) is 216 Å². The molecule has 22 heteroatoms. The first-order chi connectivity index (χ1) is 38.3. The van der Waals surface area contributed by atoms with Crippen molar-refractivity contribution in [3.8, 4) is 46.0 Å². The number of fused-ring (bicyclic) bond motifs is 8. The number of carbonyl (C=O) groups is 2. The van der Waals surface area contributed by atoms with Crippen LogP contribution in [-0.2, 0) is 23.9 Å². The van der Waals surface area contributed by atoms with Crippen molar-refractivity contribution >= 4 is 83.5 Å². The van der Waals surface area contributed by atoms with E-state index in [0.29, 0.717) is 41.0 Å². The number of hydrogen-bond acceptors (Lipinski definition) is 17. The van der Waals surface area contributed by atoms with Crippen LogP contribution in [0.15, 0.2) is 119 Å². The molecule has 5 aromatic carbocycles. The van der Waals surface area contributed by atoms with Crippen molar-refractivity contribution in [3.05, 3.63) is 125 Å². The van der Waals surface area contributed by atoms with Gasteiger partial charge in [-0.3, -0.25) is 28.6 Å². The maximum atomic E-state index is 12.3. The lowest BCUT2D eigenvalue weighted by atomic mass is 10.1. The quantitative estimate of drug-likeness (QED) is 0.109. The summed E-state index contributed by atoms with van der Waals surface area (Å²) in [5, 5.41) is 10.7. The number of anilines is 2. The number of nitrogens with one attached hydrogen (secondary N) is 3. The average molecular weight is 1200 g/mol. The summed E-state index contributed by atoms with van der Waals surface area (Å²) >= 11 is 3.28. The van der Waals surface area contributed by atoms with E-state index in [1.807, 2.05) is 86.6 Å². The molecule has 19 nitrogen and oxygen atoms in total. The normalized spacial score (nSPS) is 18.6. The number of benzene rings is 5. The lowest BCUT2D eigenvalue weighted by molar-refractivity contribution is -0.119. The zero-order valence-electron chi connectivity index (χ0n) is 43.9.